The quantitative estimate of drug-likeness (QED) is 0.864. The van der Waals surface area contributed by atoms with Gasteiger partial charge in [0.05, 0.1) is 9.79 Å². The van der Waals surface area contributed by atoms with Gasteiger partial charge in [0.1, 0.15) is 11.9 Å². The molecule has 2 aliphatic rings. The molecule has 0 aromatic heterocycles. The second kappa shape index (κ2) is 6.41. The Bertz CT molecular complexity index is 971. The van der Waals surface area contributed by atoms with E-state index >= 15 is 0 Å². The zero-order chi connectivity index (χ0) is 18.3. The van der Waals surface area contributed by atoms with E-state index < -0.39 is 9.84 Å². The van der Waals surface area contributed by atoms with Crippen molar-refractivity contribution in [3.8, 4) is 5.75 Å². The van der Waals surface area contributed by atoms with Crippen molar-refractivity contribution in [2.24, 2.45) is 0 Å². The lowest BCUT2D eigenvalue weighted by atomic mass is 9.90. The van der Waals surface area contributed by atoms with Crippen molar-refractivity contribution in [2.45, 2.75) is 35.2 Å². The van der Waals surface area contributed by atoms with Crippen LogP contribution in [0.2, 0.25) is 0 Å². The van der Waals surface area contributed by atoms with Crippen LogP contribution < -0.4 is 15.4 Å². The van der Waals surface area contributed by atoms with Crippen molar-refractivity contribution in [1.82, 2.24) is 5.32 Å². The maximum Gasteiger partial charge on any atom is 0.221 e. The van der Waals surface area contributed by atoms with Gasteiger partial charge in [-0.05, 0) is 43.3 Å². The highest BCUT2D eigenvalue weighted by molar-refractivity contribution is 7.91. The Kier molecular flexibility index (Phi) is 4.20. The lowest BCUT2D eigenvalue weighted by molar-refractivity contribution is -0.114. The maximum absolute atomic E-state index is 13.0. The number of fused-ring (bicyclic) bond motifs is 3. The van der Waals surface area contributed by atoms with E-state index in [0.717, 1.165) is 25.1 Å². The topological polar surface area (TPSA) is 84.5 Å². The fraction of sp³-hybridized carbons (Fsp3) is 0.316. The average Bonchev–Trinajstić information content (AvgIpc) is 2.99. The molecule has 0 radical (unpaired) electrons. The first-order valence-electron chi connectivity index (χ1n) is 8.59. The molecule has 2 aromatic carbocycles. The molecule has 0 saturated carbocycles. The number of carbonyl (C=O) groups is 1. The van der Waals surface area contributed by atoms with Gasteiger partial charge in [-0.1, -0.05) is 12.1 Å². The molecule has 1 fully saturated rings. The minimum Gasteiger partial charge on any atom is -0.488 e. The van der Waals surface area contributed by atoms with E-state index in [2.05, 4.69) is 10.6 Å². The number of rotatable bonds is 3. The molecule has 136 valence electrons. The minimum atomic E-state index is -3.70. The molecule has 2 N–H and O–H groups in total. The van der Waals surface area contributed by atoms with Gasteiger partial charge in [-0.3, -0.25) is 4.79 Å². The number of benzene rings is 2. The summed E-state index contributed by atoms with van der Waals surface area (Å²) in [6, 6.07) is 11.4. The highest BCUT2D eigenvalue weighted by Gasteiger charge is 2.36. The summed E-state index contributed by atoms with van der Waals surface area (Å²) in [4.78, 5) is 11.6. The molecule has 1 amide bonds. The van der Waals surface area contributed by atoms with Gasteiger partial charge >= 0.3 is 0 Å². The summed E-state index contributed by atoms with van der Waals surface area (Å²) in [6.45, 7) is 3.10. The van der Waals surface area contributed by atoms with Crippen LogP contribution in [-0.2, 0) is 14.6 Å². The summed E-state index contributed by atoms with van der Waals surface area (Å²) in [7, 11) is -3.70. The van der Waals surface area contributed by atoms with E-state index in [-0.39, 0.29) is 21.8 Å². The summed E-state index contributed by atoms with van der Waals surface area (Å²) < 4.78 is 32.0. The van der Waals surface area contributed by atoms with Crippen molar-refractivity contribution in [3.05, 3.63) is 48.0 Å². The largest absolute Gasteiger partial charge is 0.488 e. The third kappa shape index (κ3) is 2.97. The standard InChI is InChI=1S/C19H20N2O4S/c1-12(22)21-13-3-2-4-14(9-13)26(23,24)15-5-6-16-17-7-8-20-11-19(17)25-18(16)10-15/h2-6,9-10,17,19-20H,7-8,11H2,1H3,(H,21,22). The van der Waals surface area contributed by atoms with Crippen LogP contribution in [0, 0.1) is 0 Å². The van der Waals surface area contributed by atoms with Crippen LogP contribution in [0.15, 0.2) is 52.3 Å². The fourth-order valence-corrected chi connectivity index (χ4v) is 4.96. The number of piperidine rings is 1. The van der Waals surface area contributed by atoms with Crippen molar-refractivity contribution < 1.29 is 17.9 Å². The van der Waals surface area contributed by atoms with Crippen LogP contribution in [-0.4, -0.2) is 33.5 Å². The number of ether oxygens (including phenoxy) is 1. The Morgan fingerprint density at radius 3 is 2.81 bits per heavy atom. The van der Waals surface area contributed by atoms with Crippen molar-refractivity contribution in [1.29, 1.82) is 0 Å². The van der Waals surface area contributed by atoms with Gasteiger partial charge in [0.15, 0.2) is 0 Å². The summed E-state index contributed by atoms with van der Waals surface area (Å²) in [5, 5.41) is 5.91. The van der Waals surface area contributed by atoms with E-state index in [4.69, 9.17) is 4.74 Å². The molecule has 1 saturated heterocycles. The Morgan fingerprint density at radius 1 is 1.19 bits per heavy atom. The lowest BCUT2D eigenvalue weighted by Crippen LogP contribution is -2.39. The number of nitrogens with one attached hydrogen (secondary N) is 2. The maximum atomic E-state index is 13.0. The van der Waals surface area contributed by atoms with Gasteiger partial charge in [-0.2, -0.15) is 0 Å². The fourth-order valence-electron chi connectivity index (χ4n) is 3.64. The van der Waals surface area contributed by atoms with E-state index in [0.29, 0.717) is 17.4 Å². The minimum absolute atomic E-state index is 0.0693. The first kappa shape index (κ1) is 17.1. The molecule has 4 rings (SSSR count). The first-order valence-corrected chi connectivity index (χ1v) is 10.1. The molecule has 26 heavy (non-hydrogen) atoms. The predicted octanol–water partition coefficient (Wildman–Crippen LogP) is 2.32. The van der Waals surface area contributed by atoms with Gasteiger partial charge in [-0.15, -0.1) is 0 Å². The molecule has 2 heterocycles. The van der Waals surface area contributed by atoms with E-state index in [1.807, 2.05) is 6.07 Å². The van der Waals surface area contributed by atoms with Gasteiger partial charge in [0.25, 0.3) is 0 Å². The Morgan fingerprint density at radius 2 is 2.00 bits per heavy atom. The zero-order valence-corrected chi connectivity index (χ0v) is 15.2. The summed E-state index contributed by atoms with van der Waals surface area (Å²) >= 11 is 0. The third-order valence-corrected chi connectivity index (χ3v) is 6.61. The van der Waals surface area contributed by atoms with Crippen LogP contribution in [0.25, 0.3) is 0 Å². The van der Waals surface area contributed by atoms with Gasteiger partial charge in [-0.25, -0.2) is 8.42 Å². The Labute approximate surface area is 152 Å². The van der Waals surface area contributed by atoms with Crippen molar-refractivity contribution >= 4 is 21.4 Å². The van der Waals surface area contributed by atoms with E-state index in [1.165, 1.54) is 19.1 Å². The molecule has 0 bridgehead atoms. The number of amides is 1. The second-order valence-corrected chi connectivity index (χ2v) is 8.62. The number of hydrogen-bond donors (Lipinski definition) is 2. The molecule has 6 nitrogen and oxygen atoms in total. The molecular formula is C19H20N2O4S. The highest BCUT2D eigenvalue weighted by atomic mass is 32.2. The summed E-state index contributed by atoms with van der Waals surface area (Å²) in [6.07, 6.45) is 1.06. The van der Waals surface area contributed by atoms with Gasteiger partial charge in [0.2, 0.25) is 15.7 Å². The molecular weight excluding hydrogens is 352 g/mol. The molecule has 2 aliphatic heterocycles. The number of carbonyl (C=O) groups excluding carboxylic acids is 1. The highest BCUT2D eigenvalue weighted by Crippen LogP contribution is 2.42. The van der Waals surface area contributed by atoms with Crippen molar-refractivity contribution in [2.75, 3.05) is 18.4 Å². The third-order valence-electron chi connectivity index (χ3n) is 4.86. The lowest BCUT2D eigenvalue weighted by Gasteiger charge is -2.24. The van der Waals surface area contributed by atoms with Gasteiger partial charge in [0, 0.05) is 30.6 Å². The van der Waals surface area contributed by atoms with Crippen LogP contribution in [0.5, 0.6) is 5.75 Å². The molecule has 2 aromatic rings. The SMILES string of the molecule is CC(=O)Nc1cccc(S(=O)(=O)c2ccc3c(c2)OC2CNCCC32)c1. The first-order chi connectivity index (χ1) is 12.4. The van der Waals surface area contributed by atoms with Gasteiger partial charge < -0.3 is 15.4 Å². The normalized spacial score (nSPS) is 21.4. The molecule has 2 unspecified atom stereocenters. The monoisotopic (exact) mass is 372 g/mol. The molecule has 0 aliphatic carbocycles. The summed E-state index contributed by atoms with van der Waals surface area (Å²) in [5.41, 5.74) is 1.54. The number of hydrogen-bond acceptors (Lipinski definition) is 5. The van der Waals surface area contributed by atoms with E-state index in [1.54, 1.807) is 24.3 Å². The Balaban J connectivity index is 1.68. The summed E-state index contributed by atoms with van der Waals surface area (Å²) in [5.74, 6) is 0.732. The van der Waals surface area contributed by atoms with Crippen LogP contribution in [0.3, 0.4) is 0 Å². The Hall–Kier alpha value is -2.38. The zero-order valence-electron chi connectivity index (χ0n) is 14.4. The van der Waals surface area contributed by atoms with Crippen LogP contribution in [0.1, 0.15) is 24.8 Å². The van der Waals surface area contributed by atoms with Crippen LogP contribution in [0.4, 0.5) is 5.69 Å². The molecule has 7 heteroatoms. The predicted molar refractivity (Wildman–Crippen MR) is 97.3 cm³/mol. The number of anilines is 1. The smallest absolute Gasteiger partial charge is 0.221 e. The van der Waals surface area contributed by atoms with Crippen LogP contribution >= 0.6 is 0 Å². The average molecular weight is 372 g/mol. The van der Waals surface area contributed by atoms with Crippen molar-refractivity contribution in [3.63, 3.8) is 0 Å². The number of sulfone groups is 1. The second-order valence-electron chi connectivity index (χ2n) is 6.67. The molecule has 2 atom stereocenters. The molecule has 0 spiro atoms. The van der Waals surface area contributed by atoms with E-state index in [9.17, 15) is 13.2 Å².